The maximum Gasteiger partial charge on any atom is 0.260 e. The standard InChI is InChI=1S/C21H21FN2O4/c1-27-18-5-3-2-4-15(18)6-9-20(25)23-10-11-24-13-16-12-17(22)7-8-19(16)28-14-21(24)26/h2-9,12H,10-11,13-14H2,1H3,(H,23,25)/b9-6+. The summed E-state index contributed by atoms with van der Waals surface area (Å²) in [5.41, 5.74) is 1.40. The van der Waals surface area contributed by atoms with Gasteiger partial charge in [-0.1, -0.05) is 18.2 Å². The van der Waals surface area contributed by atoms with Crippen LogP contribution >= 0.6 is 0 Å². The predicted octanol–water partition coefficient (Wildman–Crippen LogP) is 2.38. The van der Waals surface area contributed by atoms with Crippen LogP contribution in [0.5, 0.6) is 11.5 Å². The summed E-state index contributed by atoms with van der Waals surface area (Å²) in [7, 11) is 1.57. The summed E-state index contributed by atoms with van der Waals surface area (Å²) in [6, 6.07) is 11.5. The molecule has 0 unspecified atom stereocenters. The minimum atomic E-state index is -0.383. The molecule has 1 N–H and O–H groups in total. The number of methoxy groups -OCH3 is 1. The van der Waals surface area contributed by atoms with Crippen molar-refractivity contribution in [3.05, 3.63) is 65.5 Å². The SMILES string of the molecule is COc1ccccc1/C=C/C(=O)NCCN1Cc2cc(F)ccc2OCC1=O. The molecule has 2 aromatic rings. The van der Waals surface area contributed by atoms with Crippen LogP contribution in [0.1, 0.15) is 11.1 Å². The third-order valence-corrected chi connectivity index (χ3v) is 4.32. The van der Waals surface area contributed by atoms with Crippen molar-refractivity contribution in [2.24, 2.45) is 0 Å². The van der Waals surface area contributed by atoms with E-state index in [1.807, 2.05) is 24.3 Å². The van der Waals surface area contributed by atoms with E-state index < -0.39 is 0 Å². The molecule has 0 aliphatic carbocycles. The number of benzene rings is 2. The average molecular weight is 384 g/mol. The summed E-state index contributed by atoms with van der Waals surface area (Å²) < 4.78 is 24.1. The maximum absolute atomic E-state index is 13.5. The van der Waals surface area contributed by atoms with Crippen LogP contribution in [0.4, 0.5) is 4.39 Å². The molecule has 0 aromatic heterocycles. The van der Waals surface area contributed by atoms with Crippen molar-refractivity contribution >= 4 is 17.9 Å². The highest BCUT2D eigenvalue weighted by Gasteiger charge is 2.21. The van der Waals surface area contributed by atoms with Gasteiger partial charge in [-0.25, -0.2) is 4.39 Å². The average Bonchev–Trinajstić information content (AvgIpc) is 2.85. The van der Waals surface area contributed by atoms with Crippen molar-refractivity contribution in [2.45, 2.75) is 6.54 Å². The molecule has 146 valence electrons. The summed E-state index contributed by atoms with van der Waals surface area (Å²) >= 11 is 0. The third kappa shape index (κ3) is 4.88. The van der Waals surface area contributed by atoms with Gasteiger partial charge >= 0.3 is 0 Å². The Bertz CT molecular complexity index is 898. The smallest absolute Gasteiger partial charge is 0.260 e. The minimum absolute atomic E-state index is 0.111. The van der Waals surface area contributed by atoms with E-state index in [4.69, 9.17) is 9.47 Å². The number of carbonyl (C=O) groups excluding carboxylic acids is 2. The Balaban J connectivity index is 1.54. The van der Waals surface area contributed by atoms with Crippen LogP contribution in [0.3, 0.4) is 0 Å². The Kier molecular flexibility index (Phi) is 6.26. The van der Waals surface area contributed by atoms with E-state index in [-0.39, 0.29) is 37.3 Å². The van der Waals surface area contributed by atoms with E-state index in [0.717, 1.165) is 5.56 Å². The highest BCUT2D eigenvalue weighted by Crippen LogP contribution is 2.24. The zero-order valence-corrected chi connectivity index (χ0v) is 15.5. The second kappa shape index (κ2) is 9.03. The molecule has 1 heterocycles. The number of carbonyl (C=O) groups is 2. The van der Waals surface area contributed by atoms with Gasteiger partial charge in [-0.05, 0) is 30.3 Å². The van der Waals surface area contributed by atoms with Crippen molar-refractivity contribution in [3.8, 4) is 11.5 Å². The zero-order chi connectivity index (χ0) is 19.9. The quantitative estimate of drug-likeness (QED) is 0.777. The lowest BCUT2D eigenvalue weighted by Crippen LogP contribution is -2.38. The molecule has 2 amide bonds. The van der Waals surface area contributed by atoms with Crippen LogP contribution in [-0.2, 0) is 16.1 Å². The van der Waals surface area contributed by atoms with Gasteiger partial charge in [0.15, 0.2) is 6.61 Å². The predicted molar refractivity (Wildman–Crippen MR) is 102 cm³/mol. The molecule has 0 atom stereocenters. The molecule has 0 bridgehead atoms. The van der Waals surface area contributed by atoms with Crippen LogP contribution in [0, 0.1) is 5.82 Å². The Morgan fingerprint density at radius 1 is 1.32 bits per heavy atom. The van der Waals surface area contributed by atoms with Gasteiger partial charge in [0.05, 0.1) is 7.11 Å². The summed E-state index contributed by atoms with van der Waals surface area (Å²) in [5.74, 6) is 0.298. The first-order chi connectivity index (χ1) is 13.6. The maximum atomic E-state index is 13.5. The van der Waals surface area contributed by atoms with Crippen LogP contribution in [-0.4, -0.2) is 43.5 Å². The molecule has 1 aliphatic heterocycles. The highest BCUT2D eigenvalue weighted by atomic mass is 19.1. The number of para-hydroxylation sites is 1. The van der Waals surface area contributed by atoms with Gasteiger partial charge in [-0.15, -0.1) is 0 Å². The van der Waals surface area contributed by atoms with Gasteiger partial charge in [-0.2, -0.15) is 0 Å². The fourth-order valence-electron chi connectivity index (χ4n) is 2.88. The van der Waals surface area contributed by atoms with Crippen LogP contribution in [0.15, 0.2) is 48.5 Å². The minimum Gasteiger partial charge on any atom is -0.496 e. The van der Waals surface area contributed by atoms with E-state index in [0.29, 0.717) is 23.6 Å². The van der Waals surface area contributed by atoms with E-state index in [1.165, 1.54) is 29.2 Å². The van der Waals surface area contributed by atoms with E-state index in [1.54, 1.807) is 13.2 Å². The van der Waals surface area contributed by atoms with Crippen LogP contribution < -0.4 is 14.8 Å². The van der Waals surface area contributed by atoms with Crippen molar-refractivity contribution < 1.29 is 23.5 Å². The van der Waals surface area contributed by atoms with Crippen LogP contribution in [0.25, 0.3) is 6.08 Å². The second-order valence-corrected chi connectivity index (χ2v) is 6.22. The summed E-state index contributed by atoms with van der Waals surface area (Å²) in [4.78, 5) is 25.8. The number of hydrogen-bond acceptors (Lipinski definition) is 4. The number of ether oxygens (including phenoxy) is 2. The number of fused-ring (bicyclic) bond motifs is 1. The Hall–Kier alpha value is -3.35. The molecule has 0 spiro atoms. The van der Waals surface area contributed by atoms with E-state index >= 15 is 0 Å². The fourth-order valence-corrected chi connectivity index (χ4v) is 2.88. The number of amides is 2. The lowest BCUT2D eigenvalue weighted by atomic mass is 10.2. The van der Waals surface area contributed by atoms with Gasteiger partial charge in [0.2, 0.25) is 5.91 Å². The largest absolute Gasteiger partial charge is 0.496 e. The van der Waals surface area contributed by atoms with Gasteiger partial charge in [0, 0.05) is 36.8 Å². The lowest BCUT2D eigenvalue weighted by Gasteiger charge is -2.20. The van der Waals surface area contributed by atoms with Crippen molar-refractivity contribution in [2.75, 3.05) is 26.8 Å². The number of rotatable bonds is 6. The molecule has 0 saturated heterocycles. The first-order valence-corrected chi connectivity index (χ1v) is 8.85. The second-order valence-electron chi connectivity index (χ2n) is 6.22. The molecule has 0 radical (unpaired) electrons. The zero-order valence-electron chi connectivity index (χ0n) is 15.5. The Morgan fingerprint density at radius 3 is 2.96 bits per heavy atom. The molecule has 7 heteroatoms. The molecule has 1 aliphatic rings. The van der Waals surface area contributed by atoms with Crippen molar-refractivity contribution in [1.82, 2.24) is 10.2 Å². The summed E-state index contributed by atoms with van der Waals surface area (Å²) in [6.45, 7) is 0.691. The molecule has 3 rings (SSSR count). The number of hydrogen-bond donors (Lipinski definition) is 1. The first kappa shape index (κ1) is 19.4. The molecule has 0 fully saturated rings. The molecule has 0 saturated carbocycles. The van der Waals surface area contributed by atoms with E-state index in [2.05, 4.69) is 5.32 Å². The Morgan fingerprint density at radius 2 is 2.14 bits per heavy atom. The molecule has 6 nitrogen and oxygen atoms in total. The normalized spacial score (nSPS) is 13.6. The number of nitrogens with zero attached hydrogens (tertiary/aromatic N) is 1. The van der Waals surface area contributed by atoms with Gasteiger partial charge in [-0.3, -0.25) is 9.59 Å². The van der Waals surface area contributed by atoms with Gasteiger partial charge in [0.1, 0.15) is 17.3 Å². The van der Waals surface area contributed by atoms with Gasteiger partial charge < -0.3 is 19.7 Å². The topological polar surface area (TPSA) is 67.9 Å². The first-order valence-electron chi connectivity index (χ1n) is 8.85. The lowest BCUT2D eigenvalue weighted by molar-refractivity contribution is -0.133. The number of nitrogens with one attached hydrogen (secondary N) is 1. The molecule has 28 heavy (non-hydrogen) atoms. The summed E-state index contributed by atoms with van der Waals surface area (Å²) in [6.07, 6.45) is 3.08. The van der Waals surface area contributed by atoms with E-state index in [9.17, 15) is 14.0 Å². The fraction of sp³-hybridized carbons (Fsp3) is 0.238. The Labute approximate surface area is 162 Å². The van der Waals surface area contributed by atoms with Crippen LogP contribution in [0.2, 0.25) is 0 Å². The monoisotopic (exact) mass is 384 g/mol. The summed E-state index contributed by atoms with van der Waals surface area (Å²) in [5, 5.41) is 2.74. The van der Waals surface area contributed by atoms with Crippen molar-refractivity contribution in [1.29, 1.82) is 0 Å². The molecular formula is C21H21FN2O4. The number of halogens is 1. The molecular weight excluding hydrogens is 363 g/mol. The molecule has 2 aromatic carbocycles. The van der Waals surface area contributed by atoms with Gasteiger partial charge in [0.25, 0.3) is 5.91 Å². The third-order valence-electron chi connectivity index (χ3n) is 4.32. The van der Waals surface area contributed by atoms with Crippen molar-refractivity contribution in [3.63, 3.8) is 0 Å². The highest BCUT2D eigenvalue weighted by molar-refractivity contribution is 5.92.